The smallest absolute Gasteiger partial charge is 0.314 e. The van der Waals surface area contributed by atoms with Gasteiger partial charge in [-0.2, -0.15) is 5.10 Å². The second-order valence-corrected chi connectivity index (χ2v) is 9.05. The number of piperazine rings is 1. The Balaban J connectivity index is 1.33. The first-order valence-corrected chi connectivity index (χ1v) is 11.8. The normalized spacial score (nSPS) is 16.7. The summed E-state index contributed by atoms with van der Waals surface area (Å²) in [5, 5.41) is 7.90. The summed E-state index contributed by atoms with van der Waals surface area (Å²) in [7, 11) is 1.68. The van der Waals surface area contributed by atoms with Crippen LogP contribution >= 0.6 is 0 Å². The summed E-state index contributed by atoms with van der Waals surface area (Å²) in [6.07, 6.45) is 0.886. The van der Waals surface area contributed by atoms with Crippen LogP contribution in [0.4, 0.5) is 10.5 Å². The SMILES string of the molecule is COc1ccccc1N1CCN(C(N)=O)CC1c1ccc(-c2n[nH]c3c2Cc2ccccc2-3)cc1. The van der Waals surface area contributed by atoms with Gasteiger partial charge in [0.1, 0.15) is 5.75 Å². The molecule has 2 aliphatic rings. The second kappa shape index (κ2) is 8.51. The van der Waals surface area contributed by atoms with Crippen LogP contribution in [0.25, 0.3) is 22.5 Å². The van der Waals surface area contributed by atoms with Crippen LogP contribution in [0.15, 0.2) is 72.8 Å². The molecule has 0 saturated carbocycles. The molecule has 1 saturated heterocycles. The maximum absolute atomic E-state index is 12.0. The zero-order valence-electron chi connectivity index (χ0n) is 19.6. The van der Waals surface area contributed by atoms with Crippen LogP contribution in [0.2, 0.25) is 0 Å². The average Bonchev–Trinajstić information content (AvgIpc) is 3.48. The molecular weight excluding hydrogens is 438 g/mol. The zero-order valence-corrected chi connectivity index (χ0v) is 19.6. The Morgan fingerprint density at radius 1 is 1.03 bits per heavy atom. The number of hydrogen-bond acceptors (Lipinski definition) is 4. The number of fused-ring (bicyclic) bond motifs is 3. The van der Waals surface area contributed by atoms with Crippen LogP contribution in [0.3, 0.4) is 0 Å². The van der Waals surface area contributed by atoms with Crippen molar-refractivity contribution in [3.05, 3.63) is 89.5 Å². The van der Waals surface area contributed by atoms with Crippen LogP contribution in [0.5, 0.6) is 5.75 Å². The third-order valence-corrected chi connectivity index (χ3v) is 7.18. The Morgan fingerprint density at radius 3 is 2.60 bits per heavy atom. The number of aromatic nitrogens is 2. The largest absolute Gasteiger partial charge is 0.495 e. The topological polar surface area (TPSA) is 87.5 Å². The Hall–Kier alpha value is -4.26. The molecule has 176 valence electrons. The minimum Gasteiger partial charge on any atom is -0.495 e. The molecule has 3 aromatic carbocycles. The number of aromatic amines is 1. The lowest BCUT2D eigenvalue weighted by Crippen LogP contribution is -2.52. The molecule has 1 aromatic heterocycles. The quantitative estimate of drug-likeness (QED) is 0.406. The number of primary amides is 1. The van der Waals surface area contributed by atoms with Crippen molar-refractivity contribution in [3.63, 3.8) is 0 Å². The van der Waals surface area contributed by atoms with Gasteiger partial charge in [-0.3, -0.25) is 5.10 Å². The van der Waals surface area contributed by atoms with Crippen LogP contribution in [0.1, 0.15) is 22.7 Å². The number of H-pyrrole nitrogens is 1. The highest BCUT2D eigenvalue weighted by molar-refractivity contribution is 5.81. The molecule has 0 spiro atoms. The standard InChI is InChI=1S/C28H27N5O2/c1-35-25-9-5-4-8-23(25)33-15-14-32(28(29)34)17-24(33)18-10-12-19(13-11-18)26-22-16-20-6-2-3-7-21(20)27(22)31-30-26/h2-13,24H,14-17H2,1H3,(H2,29,34)(H,30,31). The van der Waals surface area contributed by atoms with E-state index < -0.39 is 6.03 Å². The van der Waals surface area contributed by atoms with Gasteiger partial charge in [-0.25, -0.2) is 4.79 Å². The lowest BCUT2D eigenvalue weighted by atomic mass is 9.98. The van der Waals surface area contributed by atoms with Gasteiger partial charge in [0, 0.05) is 42.7 Å². The molecule has 2 amide bonds. The second-order valence-electron chi connectivity index (χ2n) is 9.05. The van der Waals surface area contributed by atoms with E-state index in [0.29, 0.717) is 19.6 Å². The Labute approximate surface area is 204 Å². The van der Waals surface area contributed by atoms with Crippen molar-refractivity contribution in [2.75, 3.05) is 31.6 Å². The fraction of sp³-hybridized carbons (Fsp3) is 0.214. The van der Waals surface area contributed by atoms with E-state index in [4.69, 9.17) is 10.5 Å². The summed E-state index contributed by atoms with van der Waals surface area (Å²) in [6, 6.07) is 24.5. The zero-order chi connectivity index (χ0) is 23.9. The van der Waals surface area contributed by atoms with E-state index in [-0.39, 0.29) is 6.04 Å². The Kier molecular flexibility index (Phi) is 5.17. The van der Waals surface area contributed by atoms with Gasteiger partial charge in [0.25, 0.3) is 0 Å². The van der Waals surface area contributed by atoms with Crippen molar-refractivity contribution in [1.29, 1.82) is 0 Å². The summed E-state index contributed by atoms with van der Waals surface area (Å²) >= 11 is 0. The number of nitrogens with zero attached hydrogens (tertiary/aromatic N) is 3. The van der Waals surface area contributed by atoms with Gasteiger partial charge in [0.05, 0.1) is 30.2 Å². The highest BCUT2D eigenvalue weighted by Gasteiger charge is 2.32. The van der Waals surface area contributed by atoms with E-state index in [9.17, 15) is 4.79 Å². The lowest BCUT2D eigenvalue weighted by molar-refractivity contribution is 0.194. The summed E-state index contributed by atoms with van der Waals surface area (Å²) in [4.78, 5) is 16.0. The van der Waals surface area contributed by atoms with Crippen LogP contribution < -0.4 is 15.4 Å². The fourth-order valence-corrected chi connectivity index (χ4v) is 5.39. The molecule has 35 heavy (non-hydrogen) atoms. The molecule has 7 heteroatoms. The van der Waals surface area contributed by atoms with E-state index in [1.54, 1.807) is 12.0 Å². The van der Waals surface area contributed by atoms with Crippen molar-refractivity contribution < 1.29 is 9.53 Å². The molecule has 7 nitrogen and oxygen atoms in total. The average molecular weight is 466 g/mol. The summed E-state index contributed by atoms with van der Waals surface area (Å²) in [6.45, 7) is 1.75. The van der Waals surface area contributed by atoms with E-state index in [0.717, 1.165) is 40.4 Å². The number of hydrogen-bond donors (Lipinski definition) is 2. The highest BCUT2D eigenvalue weighted by Crippen LogP contribution is 2.41. The Morgan fingerprint density at radius 2 is 1.80 bits per heavy atom. The minimum atomic E-state index is -0.391. The van der Waals surface area contributed by atoms with Gasteiger partial charge in [-0.15, -0.1) is 0 Å². The first-order valence-electron chi connectivity index (χ1n) is 11.8. The number of nitrogens with two attached hydrogens (primary N) is 1. The number of nitrogens with one attached hydrogen (secondary N) is 1. The van der Waals surface area contributed by atoms with Crippen molar-refractivity contribution >= 4 is 11.7 Å². The van der Waals surface area contributed by atoms with Gasteiger partial charge in [-0.1, -0.05) is 60.7 Å². The molecule has 0 bridgehead atoms. The van der Waals surface area contributed by atoms with E-state index in [2.05, 4.69) is 69.7 Å². The molecule has 4 aromatic rings. The van der Waals surface area contributed by atoms with E-state index in [1.807, 2.05) is 18.2 Å². The number of para-hydroxylation sites is 2. The number of rotatable bonds is 4. The van der Waals surface area contributed by atoms with Crippen LogP contribution in [-0.4, -0.2) is 47.9 Å². The molecule has 1 fully saturated rings. The highest BCUT2D eigenvalue weighted by atomic mass is 16.5. The van der Waals surface area contributed by atoms with Crippen molar-refractivity contribution in [1.82, 2.24) is 15.1 Å². The fourth-order valence-electron chi connectivity index (χ4n) is 5.39. The molecule has 0 radical (unpaired) electrons. The monoisotopic (exact) mass is 465 g/mol. The molecule has 3 N–H and O–H groups in total. The van der Waals surface area contributed by atoms with Crippen LogP contribution in [0, 0.1) is 0 Å². The van der Waals surface area contributed by atoms with Gasteiger partial charge >= 0.3 is 6.03 Å². The summed E-state index contributed by atoms with van der Waals surface area (Å²) in [5.41, 5.74) is 14.8. The van der Waals surface area contributed by atoms with Crippen LogP contribution in [-0.2, 0) is 6.42 Å². The summed E-state index contributed by atoms with van der Waals surface area (Å²) in [5.74, 6) is 0.813. The van der Waals surface area contributed by atoms with Crippen molar-refractivity contribution in [2.45, 2.75) is 12.5 Å². The number of amides is 2. The Bertz CT molecular complexity index is 1390. The minimum absolute atomic E-state index is 0.0456. The van der Waals surface area contributed by atoms with E-state index >= 15 is 0 Å². The molecular formula is C28H27N5O2. The van der Waals surface area contributed by atoms with Gasteiger partial charge < -0.3 is 20.3 Å². The van der Waals surface area contributed by atoms with Gasteiger partial charge in [0.2, 0.25) is 0 Å². The van der Waals surface area contributed by atoms with Crippen molar-refractivity contribution in [3.8, 4) is 28.3 Å². The molecule has 1 aliphatic carbocycles. The number of methoxy groups -OCH3 is 1. The van der Waals surface area contributed by atoms with Crippen molar-refractivity contribution in [2.24, 2.45) is 5.73 Å². The number of carbonyl (C=O) groups excluding carboxylic acids is 1. The molecule has 1 aliphatic heterocycles. The lowest BCUT2D eigenvalue weighted by Gasteiger charge is -2.42. The maximum atomic E-state index is 12.0. The summed E-state index contributed by atoms with van der Waals surface area (Å²) < 4.78 is 5.64. The molecule has 6 rings (SSSR count). The third kappa shape index (κ3) is 3.60. The maximum Gasteiger partial charge on any atom is 0.314 e. The third-order valence-electron chi connectivity index (χ3n) is 7.18. The molecule has 1 unspecified atom stereocenters. The molecule has 1 atom stereocenters. The predicted molar refractivity (Wildman–Crippen MR) is 137 cm³/mol. The van der Waals surface area contributed by atoms with Gasteiger partial charge in [0.15, 0.2) is 0 Å². The number of anilines is 1. The number of carbonyl (C=O) groups is 1. The number of urea groups is 1. The number of ether oxygens (including phenoxy) is 1. The molecule has 2 heterocycles. The predicted octanol–water partition coefficient (Wildman–Crippen LogP) is 4.60. The first kappa shape index (κ1) is 21.3. The van der Waals surface area contributed by atoms with E-state index in [1.165, 1.54) is 16.7 Å². The van der Waals surface area contributed by atoms with Gasteiger partial charge in [-0.05, 0) is 23.3 Å². The number of benzene rings is 3. The first-order chi connectivity index (χ1) is 17.1.